The maximum atomic E-state index is 10.5. The van der Waals surface area contributed by atoms with E-state index in [4.69, 9.17) is 5.11 Å². The van der Waals surface area contributed by atoms with E-state index in [1.807, 2.05) is 0 Å². The lowest BCUT2D eigenvalue weighted by molar-refractivity contribution is -0.166. The Hall–Kier alpha value is -1.10. The van der Waals surface area contributed by atoms with E-state index < -0.39 is 11.9 Å². The molecule has 0 spiro atoms. The predicted octanol–water partition coefficient (Wildman–Crippen LogP) is -0.915. The van der Waals surface area contributed by atoms with Gasteiger partial charge in [0.2, 0.25) is 0 Å². The van der Waals surface area contributed by atoms with Crippen LogP contribution >= 0.6 is 0 Å². The van der Waals surface area contributed by atoms with Crippen molar-refractivity contribution in [2.45, 2.75) is 6.42 Å². The van der Waals surface area contributed by atoms with E-state index in [0.29, 0.717) is 6.42 Å². The molecule has 0 fully saturated rings. The molecule has 0 radical (unpaired) electrons. The SMILES string of the molecule is COC(=O)C(=O)OCCCO. The second-order valence-corrected chi connectivity index (χ2v) is 1.70. The van der Waals surface area contributed by atoms with Crippen molar-refractivity contribution >= 4 is 11.9 Å². The number of esters is 2. The van der Waals surface area contributed by atoms with Crippen LogP contribution in [-0.2, 0) is 19.1 Å². The Labute approximate surface area is 63.9 Å². The first-order valence-corrected chi connectivity index (χ1v) is 3.08. The number of aliphatic hydroxyl groups is 1. The van der Waals surface area contributed by atoms with Gasteiger partial charge in [0.1, 0.15) is 0 Å². The van der Waals surface area contributed by atoms with Crippen LogP contribution in [0.4, 0.5) is 0 Å². The number of ether oxygens (including phenoxy) is 2. The zero-order valence-electron chi connectivity index (χ0n) is 6.20. The Bertz CT molecular complexity index is 142. The van der Waals surface area contributed by atoms with Crippen molar-refractivity contribution in [3.8, 4) is 0 Å². The van der Waals surface area contributed by atoms with E-state index >= 15 is 0 Å². The normalized spacial score (nSPS) is 8.91. The van der Waals surface area contributed by atoms with Crippen LogP contribution in [0, 0.1) is 0 Å². The predicted molar refractivity (Wildman–Crippen MR) is 34.7 cm³/mol. The average molecular weight is 162 g/mol. The molecular weight excluding hydrogens is 152 g/mol. The molecule has 5 heteroatoms. The van der Waals surface area contributed by atoms with Crippen LogP contribution in [0.25, 0.3) is 0 Å². The van der Waals surface area contributed by atoms with Crippen LogP contribution in [-0.4, -0.2) is 37.4 Å². The van der Waals surface area contributed by atoms with Crippen molar-refractivity contribution in [1.29, 1.82) is 0 Å². The van der Waals surface area contributed by atoms with Gasteiger partial charge in [-0.25, -0.2) is 9.59 Å². The quantitative estimate of drug-likeness (QED) is 0.330. The summed E-state index contributed by atoms with van der Waals surface area (Å²) in [5.74, 6) is -2.05. The Morgan fingerprint density at radius 2 is 2.00 bits per heavy atom. The summed E-state index contributed by atoms with van der Waals surface area (Å²) in [6.45, 7) is -0.0428. The molecule has 0 aliphatic carbocycles. The fraction of sp³-hybridized carbons (Fsp3) is 0.667. The maximum Gasteiger partial charge on any atom is 0.417 e. The van der Waals surface area contributed by atoms with Gasteiger partial charge >= 0.3 is 11.9 Å². The van der Waals surface area contributed by atoms with Crippen LogP contribution < -0.4 is 0 Å². The van der Waals surface area contributed by atoms with Crippen molar-refractivity contribution < 1.29 is 24.2 Å². The number of hydrogen-bond donors (Lipinski definition) is 1. The van der Waals surface area contributed by atoms with Crippen molar-refractivity contribution in [2.24, 2.45) is 0 Å². The smallest absolute Gasteiger partial charge is 0.417 e. The first kappa shape index (κ1) is 9.90. The van der Waals surface area contributed by atoms with Crippen LogP contribution in [0.15, 0.2) is 0 Å². The summed E-state index contributed by atoms with van der Waals surface area (Å²) < 4.78 is 8.43. The molecule has 11 heavy (non-hydrogen) atoms. The van der Waals surface area contributed by atoms with Crippen LogP contribution in [0.3, 0.4) is 0 Å². The van der Waals surface area contributed by atoms with E-state index in [9.17, 15) is 9.59 Å². The zero-order chi connectivity index (χ0) is 8.69. The molecule has 0 saturated carbocycles. The highest BCUT2D eigenvalue weighted by molar-refractivity contribution is 6.29. The number of aliphatic hydroxyl groups excluding tert-OH is 1. The molecule has 5 nitrogen and oxygen atoms in total. The van der Waals surface area contributed by atoms with Gasteiger partial charge in [-0.3, -0.25) is 0 Å². The summed E-state index contributed by atoms with van der Waals surface area (Å²) in [7, 11) is 1.09. The summed E-state index contributed by atoms with van der Waals surface area (Å²) in [6, 6.07) is 0. The highest BCUT2D eigenvalue weighted by atomic mass is 16.6. The number of rotatable bonds is 3. The van der Waals surface area contributed by atoms with Gasteiger partial charge in [-0.15, -0.1) is 0 Å². The Kier molecular flexibility index (Phi) is 5.10. The van der Waals surface area contributed by atoms with Gasteiger partial charge in [-0.2, -0.15) is 0 Å². The molecular formula is C6H10O5. The fourth-order valence-corrected chi connectivity index (χ4v) is 0.372. The van der Waals surface area contributed by atoms with Crippen LogP contribution in [0.2, 0.25) is 0 Å². The van der Waals surface area contributed by atoms with Gasteiger partial charge in [0, 0.05) is 13.0 Å². The first-order valence-electron chi connectivity index (χ1n) is 3.08. The topological polar surface area (TPSA) is 72.8 Å². The van der Waals surface area contributed by atoms with E-state index in [1.165, 1.54) is 0 Å². The van der Waals surface area contributed by atoms with Gasteiger partial charge in [-0.05, 0) is 0 Å². The van der Waals surface area contributed by atoms with E-state index in [2.05, 4.69) is 9.47 Å². The molecule has 0 unspecified atom stereocenters. The van der Waals surface area contributed by atoms with E-state index in [-0.39, 0.29) is 13.2 Å². The standard InChI is InChI=1S/C6H10O5/c1-10-5(8)6(9)11-4-2-3-7/h7H,2-4H2,1H3. The highest BCUT2D eigenvalue weighted by Gasteiger charge is 2.14. The van der Waals surface area contributed by atoms with Crippen LogP contribution in [0.5, 0.6) is 0 Å². The summed E-state index contributed by atoms with van der Waals surface area (Å²) in [4.78, 5) is 20.8. The third kappa shape index (κ3) is 4.32. The third-order valence-electron chi connectivity index (χ3n) is 0.888. The van der Waals surface area contributed by atoms with Crippen molar-refractivity contribution in [3.63, 3.8) is 0 Å². The van der Waals surface area contributed by atoms with Crippen molar-refractivity contribution in [1.82, 2.24) is 0 Å². The molecule has 1 N–H and O–H groups in total. The first-order chi connectivity index (χ1) is 5.22. The zero-order valence-corrected chi connectivity index (χ0v) is 6.20. The minimum absolute atomic E-state index is 0.0322. The summed E-state index contributed by atoms with van der Waals surface area (Å²) in [5, 5.41) is 8.27. The molecule has 64 valence electrons. The second-order valence-electron chi connectivity index (χ2n) is 1.70. The Morgan fingerprint density at radius 3 is 2.45 bits per heavy atom. The van der Waals surface area contributed by atoms with E-state index in [0.717, 1.165) is 7.11 Å². The molecule has 0 amide bonds. The van der Waals surface area contributed by atoms with Gasteiger partial charge in [0.05, 0.1) is 13.7 Å². The molecule has 0 aliphatic heterocycles. The maximum absolute atomic E-state index is 10.5. The highest BCUT2D eigenvalue weighted by Crippen LogP contribution is 1.84. The van der Waals surface area contributed by atoms with Crippen molar-refractivity contribution in [3.05, 3.63) is 0 Å². The van der Waals surface area contributed by atoms with Gasteiger partial charge in [0.15, 0.2) is 0 Å². The lowest BCUT2D eigenvalue weighted by Gasteiger charge is -2.00. The molecule has 0 bridgehead atoms. The third-order valence-corrected chi connectivity index (χ3v) is 0.888. The number of hydrogen-bond acceptors (Lipinski definition) is 5. The van der Waals surface area contributed by atoms with Crippen LogP contribution in [0.1, 0.15) is 6.42 Å². The molecule has 0 saturated heterocycles. The molecule has 0 aromatic carbocycles. The summed E-state index contributed by atoms with van der Waals surface area (Å²) in [6.07, 6.45) is 0.322. The van der Waals surface area contributed by atoms with Gasteiger partial charge in [0.25, 0.3) is 0 Å². The molecule has 0 atom stereocenters. The number of carbonyl (C=O) groups excluding carboxylic acids is 2. The minimum Gasteiger partial charge on any atom is -0.461 e. The number of methoxy groups -OCH3 is 1. The largest absolute Gasteiger partial charge is 0.461 e. The summed E-state index contributed by atoms with van der Waals surface area (Å²) in [5.41, 5.74) is 0. The minimum atomic E-state index is -1.03. The molecule has 0 aromatic rings. The lowest BCUT2D eigenvalue weighted by atomic mass is 10.5. The van der Waals surface area contributed by atoms with E-state index in [1.54, 1.807) is 0 Å². The fourth-order valence-electron chi connectivity index (χ4n) is 0.372. The monoisotopic (exact) mass is 162 g/mol. The Morgan fingerprint density at radius 1 is 1.36 bits per heavy atom. The Balaban J connectivity index is 3.44. The lowest BCUT2D eigenvalue weighted by Crippen LogP contribution is -2.19. The molecule has 0 aromatic heterocycles. The van der Waals surface area contributed by atoms with Crippen molar-refractivity contribution in [2.75, 3.05) is 20.3 Å². The second kappa shape index (κ2) is 5.67. The molecule has 0 aliphatic rings. The van der Waals surface area contributed by atoms with Gasteiger partial charge < -0.3 is 14.6 Å². The number of carbonyl (C=O) groups is 2. The summed E-state index contributed by atoms with van der Waals surface area (Å²) >= 11 is 0. The molecule has 0 rings (SSSR count). The average Bonchev–Trinajstić information content (AvgIpc) is 2.03. The van der Waals surface area contributed by atoms with Gasteiger partial charge in [-0.1, -0.05) is 0 Å². The molecule has 0 heterocycles.